The van der Waals surface area contributed by atoms with Crippen molar-refractivity contribution >= 4 is 46.3 Å². The van der Waals surface area contributed by atoms with Crippen LogP contribution in [-0.2, 0) is 0 Å². The monoisotopic (exact) mass is 341 g/mol. The number of pyridine rings is 1. The predicted molar refractivity (Wildman–Crippen MR) is 84.9 cm³/mol. The molecule has 0 fully saturated rings. The molecule has 108 valence electrons. The lowest BCUT2D eigenvalue weighted by Gasteiger charge is -2.11. The van der Waals surface area contributed by atoms with Crippen molar-refractivity contribution in [1.82, 2.24) is 4.98 Å². The number of anilines is 2. The molecule has 2 rings (SSSR count). The van der Waals surface area contributed by atoms with Crippen LogP contribution in [0.2, 0.25) is 15.2 Å². The third-order valence-electron chi connectivity index (χ3n) is 2.58. The average Bonchev–Trinajstić information content (AvgIpc) is 2.47. The van der Waals surface area contributed by atoms with E-state index in [1.165, 1.54) is 0 Å². The summed E-state index contributed by atoms with van der Waals surface area (Å²) in [4.78, 5) is 4.04. The first-order chi connectivity index (χ1) is 10.1. The van der Waals surface area contributed by atoms with Gasteiger partial charge in [-0.1, -0.05) is 34.8 Å². The molecule has 0 saturated carbocycles. The van der Waals surface area contributed by atoms with E-state index >= 15 is 0 Å². The van der Waals surface area contributed by atoms with Crippen molar-refractivity contribution in [3.05, 3.63) is 45.0 Å². The summed E-state index contributed by atoms with van der Waals surface area (Å²) in [6, 6.07) is 9.10. The maximum Gasteiger partial charge on any atom is 0.152 e. The molecule has 0 saturated heterocycles. The van der Waals surface area contributed by atoms with E-state index in [-0.39, 0.29) is 26.6 Å². The summed E-state index contributed by atoms with van der Waals surface area (Å²) in [7, 11) is 0. The summed E-state index contributed by atoms with van der Waals surface area (Å²) in [6.45, 7) is 2.51. The van der Waals surface area contributed by atoms with Gasteiger partial charge in [0.1, 0.15) is 22.4 Å². The Bertz CT molecular complexity index is 696. The second-order valence-corrected chi connectivity index (χ2v) is 5.06. The van der Waals surface area contributed by atoms with Crippen molar-refractivity contribution < 1.29 is 4.74 Å². The molecule has 7 heteroatoms. The lowest BCUT2D eigenvalue weighted by atomic mass is 10.2. The Kier molecular flexibility index (Phi) is 5.13. The Labute approximate surface area is 137 Å². The van der Waals surface area contributed by atoms with Gasteiger partial charge in [-0.25, -0.2) is 4.98 Å². The van der Waals surface area contributed by atoms with Gasteiger partial charge in [0.05, 0.1) is 11.6 Å². The lowest BCUT2D eigenvalue weighted by molar-refractivity contribution is 0.340. The van der Waals surface area contributed by atoms with E-state index in [1.807, 2.05) is 37.3 Å². The smallest absolute Gasteiger partial charge is 0.152 e. The fourth-order valence-electron chi connectivity index (χ4n) is 1.62. The van der Waals surface area contributed by atoms with E-state index < -0.39 is 0 Å². The standard InChI is InChI=1S/C14H10Cl3N3O/c1-2-21-9-5-3-8(4-6-9)19-14-12(16)11(15)10(7-18)13(17)20-14/h3-6H,2H2,1H3,(H,19,20). The molecule has 1 N–H and O–H groups in total. The zero-order valence-electron chi connectivity index (χ0n) is 11.0. The Morgan fingerprint density at radius 2 is 1.86 bits per heavy atom. The molecule has 0 atom stereocenters. The molecular weight excluding hydrogens is 333 g/mol. The van der Waals surface area contributed by atoms with Crippen molar-refractivity contribution in [3.8, 4) is 11.8 Å². The van der Waals surface area contributed by atoms with E-state index in [1.54, 1.807) is 0 Å². The van der Waals surface area contributed by atoms with Crippen molar-refractivity contribution in [1.29, 1.82) is 5.26 Å². The highest BCUT2D eigenvalue weighted by molar-refractivity contribution is 6.45. The van der Waals surface area contributed by atoms with Crippen LogP contribution in [-0.4, -0.2) is 11.6 Å². The summed E-state index contributed by atoms with van der Waals surface area (Å²) in [5, 5.41) is 12.2. The molecule has 0 amide bonds. The number of nitriles is 1. The van der Waals surface area contributed by atoms with Gasteiger partial charge in [0, 0.05) is 5.69 Å². The van der Waals surface area contributed by atoms with Crippen molar-refractivity contribution in [2.75, 3.05) is 11.9 Å². The molecule has 0 spiro atoms. The predicted octanol–water partition coefficient (Wildman–Crippen LogP) is 5.06. The fourth-order valence-corrected chi connectivity index (χ4v) is 2.30. The number of nitrogens with zero attached hydrogens (tertiary/aromatic N) is 2. The van der Waals surface area contributed by atoms with E-state index in [9.17, 15) is 0 Å². The van der Waals surface area contributed by atoms with Crippen LogP contribution in [0.25, 0.3) is 0 Å². The van der Waals surface area contributed by atoms with Gasteiger partial charge in [0.15, 0.2) is 11.0 Å². The topological polar surface area (TPSA) is 57.9 Å². The first-order valence-corrected chi connectivity index (χ1v) is 7.14. The van der Waals surface area contributed by atoms with Gasteiger partial charge in [-0.05, 0) is 31.2 Å². The number of benzene rings is 1. The molecule has 0 aliphatic carbocycles. The van der Waals surface area contributed by atoms with Crippen LogP contribution in [0.3, 0.4) is 0 Å². The van der Waals surface area contributed by atoms with Crippen LogP contribution >= 0.6 is 34.8 Å². The maximum atomic E-state index is 8.93. The van der Waals surface area contributed by atoms with Gasteiger partial charge in [-0.2, -0.15) is 5.26 Å². The molecule has 21 heavy (non-hydrogen) atoms. The lowest BCUT2D eigenvalue weighted by Crippen LogP contribution is -1.98. The first kappa shape index (κ1) is 15.7. The second kappa shape index (κ2) is 6.86. The van der Waals surface area contributed by atoms with Gasteiger partial charge >= 0.3 is 0 Å². The number of ether oxygens (including phenoxy) is 1. The molecule has 0 unspecified atom stereocenters. The zero-order chi connectivity index (χ0) is 15.4. The number of halogens is 3. The minimum absolute atomic E-state index is 0.000312. The molecule has 0 bridgehead atoms. The summed E-state index contributed by atoms with van der Waals surface area (Å²) in [5.41, 5.74) is 0.797. The van der Waals surface area contributed by atoms with Gasteiger partial charge in [-0.15, -0.1) is 0 Å². The van der Waals surface area contributed by atoms with Gasteiger partial charge in [-0.3, -0.25) is 0 Å². The molecule has 2 aromatic rings. The first-order valence-electron chi connectivity index (χ1n) is 6.01. The molecule has 0 aliphatic heterocycles. The normalized spacial score (nSPS) is 10.0. The number of aromatic nitrogens is 1. The summed E-state index contributed by atoms with van der Waals surface area (Å²) < 4.78 is 5.36. The Balaban J connectivity index is 2.30. The van der Waals surface area contributed by atoms with Gasteiger partial charge in [0.2, 0.25) is 0 Å². The molecule has 1 heterocycles. The largest absolute Gasteiger partial charge is 0.494 e. The van der Waals surface area contributed by atoms with Crippen LogP contribution < -0.4 is 10.1 Å². The minimum atomic E-state index is 0.000312. The Hall–Kier alpha value is -1.67. The molecule has 0 aliphatic rings. The van der Waals surface area contributed by atoms with Crippen molar-refractivity contribution in [3.63, 3.8) is 0 Å². The molecule has 1 aromatic carbocycles. The van der Waals surface area contributed by atoms with Crippen LogP contribution in [0, 0.1) is 11.3 Å². The van der Waals surface area contributed by atoms with E-state index in [4.69, 9.17) is 44.8 Å². The summed E-state index contributed by atoms with van der Waals surface area (Å²) >= 11 is 18.0. The minimum Gasteiger partial charge on any atom is -0.494 e. The number of hydrogen-bond acceptors (Lipinski definition) is 4. The zero-order valence-corrected chi connectivity index (χ0v) is 13.2. The van der Waals surface area contributed by atoms with Crippen molar-refractivity contribution in [2.45, 2.75) is 6.92 Å². The van der Waals surface area contributed by atoms with Crippen LogP contribution in [0.1, 0.15) is 12.5 Å². The molecule has 0 radical (unpaired) electrons. The highest BCUT2D eigenvalue weighted by Gasteiger charge is 2.16. The summed E-state index contributed by atoms with van der Waals surface area (Å²) in [6.07, 6.45) is 0. The van der Waals surface area contributed by atoms with E-state index in [0.29, 0.717) is 6.61 Å². The Morgan fingerprint density at radius 3 is 2.43 bits per heavy atom. The van der Waals surface area contributed by atoms with E-state index in [0.717, 1.165) is 11.4 Å². The average molecular weight is 343 g/mol. The molecular formula is C14H10Cl3N3O. The second-order valence-electron chi connectivity index (χ2n) is 3.95. The molecule has 4 nitrogen and oxygen atoms in total. The van der Waals surface area contributed by atoms with Crippen LogP contribution in [0.5, 0.6) is 5.75 Å². The third kappa shape index (κ3) is 3.51. The van der Waals surface area contributed by atoms with Gasteiger partial charge < -0.3 is 10.1 Å². The van der Waals surface area contributed by atoms with E-state index in [2.05, 4.69) is 10.3 Å². The highest BCUT2D eigenvalue weighted by Crippen LogP contribution is 2.36. The van der Waals surface area contributed by atoms with Gasteiger partial charge in [0.25, 0.3) is 0 Å². The number of nitrogens with one attached hydrogen (secondary N) is 1. The quantitative estimate of drug-likeness (QED) is 0.789. The maximum absolute atomic E-state index is 8.93. The Morgan fingerprint density at radius 1 is 1.19 bits per heavy atom. The number of hydrogen-bond donors (Lipinski definition) is 1. The van der Waals surface area contributed by atoms with Crippen LogP contribution in [0.15, 0.2) is 24.3 Å². The fraction of sp³-hybridized carbons (Fsp3) is 0.143. The molecule has 1 aromatic heterocycles. The SMILES string of the molecule is CCOc1ccc(Nc2nc(Cl)c(C#N)c(Cl)c2Cl)cc1. The third-order valence-corrected chi connectivity index (χ3v) is 3.69. The number of rotatable bonds is 4. The van der Waals surface area contributed by atoms with Crippen LogP contribution in [0.4, 0.5) is 11.5 Å². The summed E-state index contributed by atoms with van der Waals surface area (Å²) in [5.74, 6) is 1.05. The van der Waals surface area contributed by atoms with Crippen molar-refractivity contribution in [2.24, 2.45) is 0 Å². The highest BCUT2D eigenvalue weighted by atomic mass is 35.5.